The molecule has 0 unspecified atom stereocenters. The van der Waals surface area contributed by atoms with Gasteiger partial charge in [-0.25, -0.2) is 17.2 Å². The second-order valence-electron chi connectivity index (χ2n) is 11.4. The third kappa shape index (κ3) is 5.74. The molecule has 11 nitrogen and oxygen atoms in total. The first-order chi connectivity index (χ1) is 19.8. The number of hydrogen-bond acceptors (Lipinski definition) is 7. The molecule has 0 aliphatic carbocycles. The number of hydrogen-bond donors (Lipinski definition) is 4. The number of carbonyl (C=O) groups excluding carboxylic acids is 2. The molecule has 3 aromatic rings. The Kier molecular flexibility index (Phi) is 7.81. The summed E-state index contributed by atoms with van der Waals surface area (Å²) >= 11 is 0. The number of H-pyrrole nitrogens is 1. The maximum atomic E-state index is 13.9. The van der Waals surface area contributed by atoms with Crippen molar-refractivity contribution >= 4 is 39.0 Å². The second kappa shape index (κ2) is 11.1. The molecule has 2 aliphatic heterocycles. The molecule has 2 aliphatic rings. The van der Waals surface area contributed by atoms with Crippen molar-refractivity contribution in [1.82, 2.24) is 19.8 Å². The Labute approximate surface area is 242 Å². The van der Waals surface area contributed by atoms with Gasteiger partial charge in [-0.15, -0.1) is 0 Å². The summed E-state index contributed by atoms with van der Waals surface area (Å²) in [6.07, 6.45) is 1.57. The molecule has 5 rings (SSSR count). The van der Waals surface area contributed by atoms with Crippen molar-refractivity contribution < 1.29 is 26.8 Å². The van der Waals surface area contributed by atoms with E-state index in [1.165, 1.54) is 0 Å². The summed E-state index contributed by atoms with van der Waals surface area (Å²) in [5.74, 6) is -2.71. The normalized spacial score (nSPS) is 18.4. The Balaban J connectivity index is 1.45. The molecular formula is C28H33F2N7O4S. The lowest BCUT2D eigenvalue weighted by atomic mass is 9.84. The van der Waals surface area contributed by atoms with Gasteiger partial charge in [-0.1, -0.05) is 13.8 Å². The van der Waals surface area contributed by atoms with Gasteiger partial charge in [0.1, 0.15) is 11.6 Å². The van der Waals surface area contributed by atoms with E-state index in [-0.39, 0.29) is 36.4 Å². The minimum atomic E-state index is -4.30. The third-order valence-corrected chi connectivity index (χ3v) is 9.32. The molecule has 14 heteroatoms. The monoisotopic (exact) mass is 601 g/mol. The number of fused-ring (bicyclic) bond motifs is 1. The Morgan fingerprint density at radius 1 is 1.10 bits per heavy atom. The number of benzene rings is 2. The number of halogens is 2. The fourth-order valence-corrected chi connectivity index (χ4v) is 6.96. The molecule has 1 aromatic heterocycles. The zero-order valence-electron chi connectivity index (χ0n) is 23.7. The molecule has 2 amide bonds. The van der Waals surface area contributed by atoms with E-state index < -0.39 is 37.9 Å². The summed E-state index contributed by atoms with van der Waals surface area (Å²) in [4.78, 5) is 27.8. The van der Waals surface area contributed by atoms with Gasteiger partial charge in [0.2, 0.25) is 15.9 Å². The molecule has 0 saturated carbocycles. The van der Waals surface area contributed by atoms with E-state index in [9.17, 15) is 26.8 Å². The highest BCUT2D eigenvalue weighted by atomic mass is 32.2. The quantitative estimate of drug-likeness (QED) is 0.326. The largest absolute Gasteiger partial charge is 0.378 e. The summed E-state index contributed by atoms with van der Waals surface area (Å²) < 4.78 is 55.8. The number of anilines is 3. The van der Waals surface area contributed by atoms with Crippen molar-refractivity contribution in [2.24, 2.45) is 0 Å². The minimum absolute atomic E-state index is 0.00737. The van der Waals surface area contributed by atoms with Crippen molar-refractivity contribution in [1.29, 1.82) is 0 Å². The van der Waals surface area contributed by atoms with Crippen LogP contribution < -0.4 is 20.9 Å². The number of nitrogens with zero attached hydrogens (tertiary/aromatic N) is 3. The highest BCUT2D eigenvalue weighted by Crippen LogP contribution is 2.38. The predicted octanol–water partition coefficient (Wildman–Crippen LogP) is 3.18. The Morgan fingerprint density at radius 2 is 1.81 bits per heavy atom. The Morgan fingerprint density at radius 3 is 2.45 bits per heavy atom. The van der Waals surface area contributed by atoms with Crippen LogP contribution in [0.2, 0.25) is 0 Å². The predicted molar refractivity (Wildman–Crippen MR) is 154 cm³/mol. The van der Waals surface area contributed by atoms with Crippen LogP contribution >= 0.6 is 0 Å². The van der Waals surface area contributed by atoms with Crippen molar-refractivity contribution in [2.75, 3.05) is 42.7 Å². The van der Waals surface area contributed by atoms with Crippen molar-refractivity contribution in [3.8, 4) is 0 Å². The number of sulfonamides is 1. The molecule has 224 valence electrons. The highest BCUT2D eigenvalue weighted by Gasteiger charge is 2.41. The van der Waals surface area contributed by atoms with Gasteiger partial charge in [-0.3, -0.25) is 14.7 Å². The molecule has 3 heterocycles. The van der Waals surface area contributed by atoms with Crippen LogP contribution in [0.3, 0.4) is 0 Å². The van der Waals surface area contributed by atoms with Crippen LogP contribution in [0.25, 0.3) is 0 Å². The maximum Gasteiger partial charge on any atom is 0.258 e. The van der Waals surface area contributed by atoms with E-state index in [0.717, 1.165) is 35.1 Å². The topological polar surface area (TPSA) is 140 Å². The smallest absolute Gasteiger partial charge is 0.258 e. The third-order valence-electron chi connectivity index (χ3n) is 7.55. The van der Waals surface area contributed by atoms with Gasteiger partial charge in [0.05, 0.1) is 22.2 Å². The van der Waals surface area contributed by atoms with Crippen LogP contribution in [0.15, 0.2) is 41.3 Å². The van der Waals surface area contributed by atoms with Crippen molar-refractivity contribution in [3.63, 3.8) is 0 Å². The van der Waals surface area contributed by atoms with E-state index in [0.29, 0.717) is 29.4 Å². The molecule has 1 atom stereocenters. The van der Waals surface area contributed by atoms with Crippen molar-refractivity contribution in [3.05, 3.63) is 64.9 Å². The first-order valence-electron chi connectivity index (χ1n) is 13.5. The van der Waals surface area contributed by atoms with Crippen LogP contribution in [0, 0.1) is 11.6 Å². The van der Waals surface area contributed by atoms with E-state index >= 15 is 0 Å². The van der Waals surface area contributed by atoms with Gasteiger partial charge < -0.3 is 20.9 Å². The van der Waals surface area contributed by atoms with Crippen molar-refractivity contribution in [2.45, 2.75) is 49.6 Å². The average molecular weight is 602 g/mol. The van der Waals surface area contributed by atoms with Gasteiger partial charge in [-0.05, 0) is 49.7 Å². The SMILES string of the molecule is CN(C)c1ccc(C(=O)Nc2n[nH]c3c2CN(S(=O)(=O)c2cc(F)cc(F)c2)CC3(C)C)c(NC(=O)[C@@H]2CCCN2)c1. The average Bonchev–Trinajstić information content (AvgIpc) is 3.59. The number of aromatic nitrogens is 2. The molecule has 0 spiro atoms. The molecule has 0 bridgehead atoms. The van der Waals surface area contributed by atoms with E-state index in [4.69, 9.17) is 0 Å². The lowest BCUT2D eigenvalue weighted by Crippen LogP contribution is -2.45. The second-order valence-corrected chi connectivity index (χ2v) is 13.3. The standard InChI is InChI=1S/C28H33F2N7O4S/c1-28(2)15-37(42(40,41)19-11-16(29)10-17(30)12-19)14-21-24(28)34-35-25(21)33-26(38)20-8-7-18(36(3)4)13-23(20)32-27(39)22-6-5-9-31-22/h7-8,10-13,22,31H,5-6,9,14-15H2,1-4H3,(H,32,39)(H2,33,34,35,38)/t22-/m0/s1. The molecule has 1 fully saturated rings. The van der Waals surface area contributed by atoms with Crippen LogP contribution in [-0.4, -0.2) is 68.0 Å². The summed E-state index contributed by atoms with van der Waals surface area (Å²) in [6, 6.07) is 6.84. The number of amides is 2. The summed E-state index contributed by atoms with van der Waals surface area (Å²) in [5, 5.41) is 16.0. The molecule has 0 radical (unpaired) electrons. The highest BCUT2D eigenvalue weighted by molar-refractivity contribution is 7.89. The van der Waals surface area contributed by atoms with Gasteiger partial charge in [0.25, 0.3) is 5.91 Å². The van der Waals surface area contributed by atoms with E-state index in [1.807, 2.05) is 19.0 Å². The first-order valence-corrected chi connectivity index (χ1v) is 14.9. The number of rotatable bonds is 7. The molecular weight excluding hydrogens is 568 g/mol. The van der Waals surface area contributed by atoms with Crippen LogP contribution in [0.5, 0.6) is 0 Å². The lowest BCUT2D eigenvalue weighted by Gasteiger charge is -2.36. The van der Waals surface area contributed by atoms with Crippen LogP contribution in [-0.2, 0) is 26.8 Å². The number of carbonyl (C=O) groups is 2. The van der Waals surface area contributed by atoms with Crippen LogP contribution in [0.1, 0.15) is 48.3 Å². The first kappa shape index (κ1) is 29.6. The summed E-state index contributed by atoms with van der Waals surface area (Å²) in [5.41, 5.74) is 1.56. The van der Waals surface area contributed by atoms with Gasteiger partial charge in [0.15, 0.2) is 5.82 Å². The number of nitrogens with one attached hydrogen (secondary N) is 4. The molecule has 2 aromatic carbocycles. The molecule has 1 saturated heterocycles. The molecule has 42 heavy (non-hydrogen) atoms. The van der Waals surface area contributed by atoms with Gasteiger partial charge in [-0.2, -0.15) is 9.40 Å². The lowest BCUT2D eigenvalue weighted by molar-refractivity contribution is -0.117. The zero-order valence-corrected chi connectivity index (χ0v) is 24.5. The summed E-state index contributed by atoms with van der Waals surface area (Å²) in [7, 11) is -0.612. The summed E-state index contributed by atoms with van der Waals surface area (Å²) in [6.45, 7) is 4.15. The Hall–Kier alpha value is -3.88. The Bertz CT molecular complexity index is 1630. The van der Waals surface area contributed by atoms with Gasteiger partial charge >= 0.3 is 0 Å². The van der Waals surface area contributed by atoms with Gasteiger partial charge in [0, 0.05) is 55.6 Å². The maximum absolute atomic E-state index is 13.9. The van der Waals surface area contributed by atoms with E-state index in [2.05, 4.69) is 26.1 Å². The minimum Gasteiger partial charge on any atom is -0.378 e. The fourth-order valence-electron chi connectivity index (χ4n) is 5.35. The molecule has 4 N–H and O–H groups in total. The van der Waals surface area contributed by atoms with Crippen LogP contribution in [0.4, 0.5) is 26.0 Å². The zero-order chi connectivity index (χ0) is 30.4. The van der Waals surface area contributed by atoms with E-state index in [1.54, 1.807) is 32.0 Å². The fraction of sp³-hybridized carbons (Fsp3) is 0.393. The number of aromatic amines is 1.